The number of carbonyl (C=O) groups excluding carboxylic acids is 1. The molecule has 0 fully saturated rings. The van der Waals surface area contributed by atoms with Gasteiger partial charge in [0, 0.05) is 19.1 Å². The second-order valence-corrected chi connectivity index (χ2v) is 5.74. The molecule has 22 heavy (non-hydrogen) atoms. The van der Waals surface area contributed by atoms with Crippen molar-refractivity contribution in [2.24, 2.45) is 5.92 Å². The van der Waals surface area contributed by atoms with E-state index in [-0.39, 0.29) is 36.8 Å². The number of rotatable bonds is 6. The number of hydrogen-bond acceptors (Lipinski definition) is 2. The molecule has 3 nitrogen and oxygen atoms in total. The zero-order valence-corrected chi connectivity index (χ0v) is 12.9. The highest BCUT2D eigenvalue weighted by molar-refractivity contribution is 5.77. The maximum Gasteiger partial charge on any atom is 0.416 e. The Hall–Kier alpha value is -1.56. The van der Waals surface area contributed by atoms with E-state index < -0.39 is 11.7 Å². The summed E-state index contributed by atoms with van der Waals surface area (Å²) in [5, 5.41) is 11.8. The van der Waals surface area contributed by atoms with Gasteiger partial charge in [-0.1, -0.05) is 32.0 Å². The molecule has 124 valence electrons. The van der Waals surface area contributed by atoms with Gasteiger partial charge in [-0.25, -0.2) is 0 Å². The average Bonchev–Trinajstić information content (AvgIpc) is 2.45. The standard InChI is InChI=1S/C16H22F3NO2/c1-10(7-15(22)20-12(3)11(2)9-21)13-5-4-6-14(8-13)16(17,18)19/h4-6,8,10-12,21H,7,9H2,1-3H3,(H,20,22). The van der Waals surface area contributed by atoms with Crippen molar-refractivity contribution in [3.05, 3.63) is 35.4 Å². The largest absolute Gasteiger partial charge is 0.416 e. The van der Waals surface area contributed by atoms with Gasteiger partial charge in [0.15, 0.2) is 0 Å². The first-order chi connectivity index (χ1) is 10.1. The molecule has 3 unspecified atom stereocenters. The summed E-state index contributed by atoms with van der Waals surface area (Å²) >= 11 is 0. The molecule has 0 aliphatic carbocycles. The Kier molecular flexibility index (Phi) is 6.41. The molecule has 2 N–H and O–H groups in total. The predicted molar refractivity (Wildman–Crippen MR) is 78.3 cm³/mol. The minimum absolute atomic E-state index is 0.0371. The van der Waals surface area contributed by atoms with E-state index in [1.807, 2.05) is 0 Å². The van der Waals surface area contributed by atoms with Crippen LogP contribution in [0.4, 0.5) is 13.2 Å². The van der Waals surface area contributed by atoms with Gasteiger partial charge in [-0.3, -0.25) is 4.79 Å². The molecule has 3 atom stereocenters. The van der Waals surface area contributed by atoms with E-state index in [1.54, 1.807) is 26.8 Å². The molecule has 0 bridgehead atoms. The average molecular weight is 317 g/mol. The fourth-order valence-corrected chi connectivity index (χ4v) is 2.03. The second kappa shape index (κ2) is 7.63. The molecule has 0 saturated heterocycles. The number of nitrogens with one attached hydrogen (secondary N) is 1. The maximum atomic E-state index is 12.7. The minimum Gasteiger partial charge on any atom is -0.396 e. The fraction of sp³-hybridized carbons (Fsp3) is 0.562. The molecule has 0 radical (unpaired) electrons. The van der Waals surface area contributed by atoms with E-state index in [9.17, 15) is 18.0 Å². The normalized spacial score (nSPS) is 16.0. The zero-order valence-electron chi connectivity index (χ0n) is 12.9. The topological polar surface area (TPSA) is 49.3 Å². The molecule has 0 spiro atoms. The lowest BCUT2D eigenvalue weighted by molar-refractivity contribution is -0.137. The third-order valence-corrected chi connectivity index (χ3v) is 3.80. The third kappa shape index (κ3) is 5.33. The van der Waals surface area contributed by atoms with Gasteiger partial charge in [0.1, 0.15) is 0 Å². The summed E-state index contributed by atoms with van der Waals surface area (Å²) in [6.45, 7) is 5.27. The van der Waals surface area contributed by atoms with Crippen LogP contribution >= 0.6 is 0 Å². The van der Waals surface area contributed by atoms with Crippen molar-refractivity contribution in [2.45, 2.75) is 45.3 Å². The number of benzene rings is 1. The molecule has 6 heteroatoms. The van der Waals surface area contributed by atoms with Crippen LogP contribution in [0.1, 0.15) is 44.2 Å². The Balaban J connectivity index is 2.69. The monoisotopic (exact) mass is 317 g/mol. The number of aliphatic hydroxyl groups is 1. The molecule has 0 aromatic heterocycles. The number of aliphatic hydroxyl groups excluding tert-OH is 1. The summed E-state index contributed by atoms with van der Waals surface area (Å²) in [5.41, 5.74) is -0.229. The van der Waals surface area contributed by atoms with Gasteiger partial charge in [0.25, 0.3) is 0 Å². The lowest BCUT2D eigenvalue weighted by Gasteiger charge is -2.21. The Bertz CT molecular complexity index is 502. The van der Waals surface area contributed by atoms with Crippen molar-refractivity contribution in [3.63, 3.8) is 0 Å². The van der Waals surface area contributed by atoms with Crippen molar-refractivity contribution in [1.29, 1.82) is 0 Å². The highest BCUT2D eigenvalue weighted by atomic mass is 19.4. The van der Waals surface area contributed by atoms with E-state index in [0.29, 0.717) is 5.56 Å². The fourth-order valence-electron chi connectivity index (χ4n) is 2.03. The van der Waals surface area contributed by atoms with Crippen LogP contribution in [-0.4, -0.2) is 23.7 Å². The van der Waals surface area contributed by atoms with E-state index in [0.717, 1.165) is 12.1 Å². The summed E-state index contributed by atoms with van der Waals surface area (Å²) in [5.74, 6) is -0.635. The summed E-state index contributed by atoms with van der Waals surface area (Å²) in [4.78, 5) is 11.9. The second-order valence-electron chi connectivity index (χ2n) is 5.74. The number of halogens is 3. The van der Waals surface area contributed by atoms with Crippen molar-refractivity contribution in [3.8, 4) is 0 Å². The Morgan fingerprint density at radius 2 is 1.91 bits per heavy atom. The summed E-state index contributed by atoms with van der Waals surface area (Å²) in [6.07, 6.45) is -4.28. The molecule has 0 heterocycles. The summed E-state index contributed by atoms with van der Waals surface area (Å²) < 4.78 is 38.1. The maximum absolute atomic E-state index is 12.7. The molecule has 1 amide bonds. The lowest BCUT2D eigenvalue weighted by Crippen LogP contribution is -2.38. The lowest BCUT2D eigenvalue weighted by atomic mass is 9.95. The molecule has 0 saturated carbocycles. The van der Waals surface area contributed by atoms with Crippen LogP contribution in [0.15, 0.2) is 24.3 Å². The van der Waals surface area contributed by atoms with Crippen LogP contribution in [0.2, 0.25) is 0 Å². The molecular formula is C16H22F3NO2. The van der Waals surface area contributed by atoms with Gasteiger partial charge in [-0.15, -0.1) is 0 Å². The van der Waals surface area contributed by atoms with Crippen molar-refractivity contribution in [1.82, 2.24) is 5.32 Å². The molecule has 0 aliphatic rings. The Morgan fingerprint density at radius 1 is 1.27 bits per heavy atom. The molecule has 0 aliphatic heterocycles. The third-order valence-electron chi connectivity index (χ3n) is 3.80. The summed E-state index contributed by atoms with van der Waals surface area (Å²) in [6, 6.07) is 4.85. The predicted octanol–water partition coefficient (Wildman–Crippen LogP) is 3.33. The van der Waals surface area contributed by atoms with Crippen LogP contribution < -0.4 is 5.32 Å². The highest BCUT2D eigenvalue weighted by Crippen LogP contribution is 2.31. The first-order valence-electron chi connectivity index (χ1n) is 7.22. The minimum atomic E-state index is -4.39. The van der Waals surface area contributed by atoms with Crippen LogP contribution in [-0.2, 0) is 11.0 Å². The van der Waals surface area contributed by atoms with Crippen molar-refractivity contribution in [2.75, 3.05) is 6.61 Å². The Morgan fingerprint density at radius 3 is 2.45 bits per heavy atom. The van der Waals surface area contributed by atoms with Crippen LogP contribution in [0.25, 0.3) is 0 Å². The van der Waals surface area contributed by atoms with Gasteiger partial charge in [0.2, 0.25) is 5.91 Å². The molecule has 1 rings (SSSR count). The van der Waals surface area contributed by atoms with Crippen molar-refractivity contribution >= 4 is 5.91 Å². The number of carbonyl (C=O) groups is 1. The van der Waals surface area contributed by atoms with Crippen molar-refractivity contribution < 1.29 is 23.1 Å². The van der Waals surface area contributed by atoms with Gasteiger partial charge >= 0.3 is 6.18 Å². The van der Waals surface area contributed by atoms with E-state index in [4.69, 9.17) is 5.11 Å². The summed E-state index contributed by atoms with van der Waals surface area (Å²) in [7, 11) is 0. The quantitative estimate of drug-likeness (QED) is 0.845. The first kappa shape index (κ1) is 18.5. The number of amides is 1. The Labute approximate surface area is 128 Å². The highest BCUT2D eigenvalue weighted by Gasteiger charge is 2.30. The molecular weight excluding hydrogens is 295 g/mol. The van der Waals surface area contributed by atoms with Gasteiger partial charge in [-0.2, -0.15) is 13.2 Å². The van der Waals surface area contributed by atoms with Gasteiger partial charge in [0.05, 0.1) is 5.56 Å². The first-order valence-corrected chi connectivity index (χ1v) is 7.22. The number of hydrogen-bond donors (Lipinski definition) is 2. The van der Waals surface area contributed by atoms with Gasteiger partial charge in [-0.05, 0) is 30.4 Å². The van der Waals surface area contributed by atoms with Crippen LogP contribution in [0.3, 0.4) is 0 Å². The van der Waals surface area contributed by atoms with Gasteiger partial charge < -0.3 is 10.4 Å². The smallest absolute Gasteiger partial charge is 0.396 e. The SMILES string of the molecule is CC(CC(=O)NC(C)C(C)CO)c1cccc(C(F)(F)F)c1. The van der Waals surface area contributed by atoms with Crippen LogP contribution in [0.5, 0.6) is 0 Å². The molecule has 1 aromatic rings. The molecule has 1 aromatic carbocycles. The number of alkyl halides is 3. The van der Waals surface area contributed by atoms with E-state index in [1.165, 1.54) is 6.07 Å². The zero-order chi connectivity index (χ0) is 16.9. The van der Waals surface area contributed by atoms with Crippen LogP contribution in [0, 0.1) is 5.92 Å². The van der Waals surface area contributed by atoms with E-state index in [2.05, 4.69) is 5.32 Å². The van der Waals surface area contributed by atoms with E-state index >= 15 is 0 Å².